The van der Waals surface area contributed by atoms with Gasteiger partial charge in [0.2, 0.25) is 10.0 Å². The number of nitrogens with zero attached hydrogens (tertiary/aromatic N) is 3. The average Bonchev–Trinajstić information content (AvgIpc) is 3.30. The van der Waals surface area contributed by atoms with Gasteiger partial charge in [0.25, 0.3) is 0 Å². The highest BCUT2D eigenvalue weighted by atomic mass is 35.5. The molecule has 1 aliphatic rings. The van der Waals surface area contributed by atoms with Crippen LogP contribution in [0.5, 0.6) is 11.5 Å². The topological polar surface area (TPSA) is 72.0 Å². The SMILES string of the molecule is COc1ccc(-c2csc(N3CCN(S(=O)(=O)c4cc(Cl)ccc4Cl)CC3)n2)c(OC)c1. The van der Waals surface area contributed by atoms with E-state index < -0.39 is 10.0 Å². The molecule has 3 aromatic rings. The summed E-state index contributed by atoms with van der Waals surface area (Å²) in [6, 6.07) is 10.0. The minimum atomic E-state index is -3.73. The van der Waals surface area contributed by atoms with Crippen LogP contribution in [0.4, 0.5) is 5.13 Å². The first-order chi connectivity index (χ1) is 15.3. The van der Waals surface area contributed by atoms with E-state index >= 15 is 0 Å². The van der Waals surface area contributed by atoms with Crippen molar-refractivity contribution < 1.29 is 17.9 Å². The number of benzene rings is 2. The predicted molar refractivity (Wildman–Crippen MR) is 128 cm³/mol. The summed E-state index contributed by atoms with van der Waals surface area (Å²) in [6.07, 6.45) is 0. The monoisotopic (exact) mass is 513 g/mol. The van der Waals surface area contributed by atoms with Crippen LogP contribution in [0.25, 0.3) is 11.3 Å². The fourth-order valence-electron chi connectivity index (χ4n) is 3.48. The Kier molecular flexibility index (Phi) is 6.83. The molecule has 0 spiro atoms. The van der Waals surface area contributed by atoms with Gasteiger partial charge in [-0.15, -0.1) is 11.3 Å². The first-order valence-electron chi connectivity index (χ1n) is 9.71. The van der Waals surface area contributed by atoms with E-state index in [0.717, 1.165) is 16.4 Å². The molecule has 4 rings (SSSR count). The van der Waals surface area contributed by atoms with Crippen molar-refractivity contribution in [2.24, 2.45) is 0 Å². The molecule has 2 aromatic carbocycles. The Morgan fingerprint density at radius 3 is 2.44 bits per heavy atom. The van der Waals surface area contributed by atoms with Crippen molar-refractivity contribution in [2.45, 2.75) is 4.90 Å². The van der Waals surface area contributed by atoms with Crippen molar-refractivity contribution in [1.82, 2.24) is 9.29 Å². The number of hydrogen-bond donors (Lipinski definition) is 0. The number of methoxy groups -OCH3 is 2. The van der Waals surface area contributed by atoms with Crippen molar-refractivity contribution in [3.8, 4) is 22.8 Å². The van der Waals surface area contributed by atoms with E-state index in [1.807, 2.05) is 23.6 Å². The molecule has 1 saturated heterocycles. The van der Waals surface area contributed by atoms with Crippen molar-refractivity contribution in [3.63, 3.8) is 0 Å². The lowest BCUT2D eigenvalue weighted by Crippen LogP contribution is -2.48. The maximum absolute atomic E-state index is 13.0. The Morgan fingerprint density at radius 2 is 1.75 bits per heavy atom. The van der Waals surface area contributed by atoms with E-state index in [9.17, 15) is 8.42 Å². The number of ether oxygens (including phenoxy) is 2. The Hall–Kier alpha value is -2.04. The fourth-order valence-corrected chi connectivity index (χ4v) is 6.52. The van der Waals surface area contributed by atoms with Gasteiger partial charge in [0.15, 0.2) is 5.13 Å². The molecule has 1 aliphatic heterocycles. The zero-order valence-electron chi connectivity index (χ0n) is 17.4. The summed E-state index contributed by atoms with van der Waals surface area (Å²) in [5, 5.41) is 3.29. The van der Waals surface area contributed by atoms with E-state index in [1.54, 1.807) is 20.3 Å². The van der Waals surface area contributed by atoms with Crippen molar-refractivity contribution >= 4 is 49.7 Å². The van der Waals surface area contributed by atoms with Crippen LogP contribution in [0.15, 0.2) is 46.7 Å². The molecule has 0 atom stereocenters. The van der Waals surface area contributed by atoms with Crippen molar-refractivity contribution in [2.75, 3.05) is 45.3 Å². The lowest BCUT2D eigenvalue weighted by Gasteiger charge is -2.34. The van der Waals surface area contributed by atoms with Crippen LogP contribution in [0, 0.1) is 0 Å². The Labute approximate surface area is 201 Å². The van der Waals surface area contributed by atoms with Crippen LogP contribution in [-0.2, 0) is 10.0 Å². The Morgan fingerprint density at radius 1 is 1.00 bits per heavy atom. The van der Waals surface area contributed by atoms with Crippen molar-refractivity contribution in [1.29, 1.82) is 0 Å². The van der Waals surface area contributed by atoms with Crippen LogP contribution in [0.2, 0.25) is 10.0 Å². The average molecular weight is 514 g/mol. The van der Waals surface area contributed by atoms with Gasteiger partial charge >= 0.3 is 0 Å². The minimum Gasteiger partial charge on any atom is -0.497 e. The zero-order valence-corrected chi connectivity index (χ0v) is 20.6. The molecule has 0 saturated carbocycles. The number of sulfonamides is 1. The number of rotatable bonds is 6. The molecule has 1 aromatic heterocycles. The minimum absolute atomic E-state index is 0.0308. The van der Waals surface area contributed by atoms with Gasteiger partial charge in [-0.1, -0.05) is 23.2 Å². The first-order valence-corrected chi connectivity index (χ1v) is 12.8. The normalized spacial score (nSPS) is 15.1. The van der Waals surface area contributed by atoms with Gasteiger partial charge in [-0.3, -0.25) is 0 Å². The fraction of sp³-hybridized carbons (Fsp3) is 0.286. The zero-order chi connectivity index (χ0) is 22.9. The summed E-state index contributed by atoms with van der Waals surface area (Å²) >= 11 is 13.6. The summed E-state index contributed by atoms with van der Waals surface area (Å²) in [5.41, 5.74) is 1.66. The molecule has 2 heterocycles. The Bertz CT molecular complexity index is 1230. The maximum atomic E-state index is 13.0. The second-order valence-electron chi connectivity index (χ2n) is 7.05. The lowest BCUT2D eigenvalue weighted by molar-refractivity contribution is 0.384. The predicted octanol–water partition coefficient (Wildman–Crippen LogP) is 4.65. The number of halogens is 2. The molecule has 7 nitrogen and oxygen atoms in total. The lowest BCUT2D eigenvalue weighted by atomic mass is 10.1. The molecule has 0 N–H and O–H groups in total. The van der Waals surface area contributed by atoms with Gasteiger partial charge in [-0.2, -0.15) is 4.31 Å². The van der Waals surface area contributed by atoms with Gasteiger partial charge in [0.05, 0.1) is 24.9 Å². The molecule has 170 valence electrons. The first kappa shape index (κ1) is 23.1. The number of piperazine rings is 1. The third kappa shape index (κ3) is 4.53. The maximum Gasteiger partial charge on any atom is 0.244 e. The summed E-state index contributed by atoms with van der Waals surface area (Å²) in [4.78, 5) is 6.87. The molecule has 1 fully saturated rings. The van der Waals surface area contributed by atoms with Crippen molar-refractivity contribution in [3.05, 3.63) is 51.8 Å². The van der Waals surface area contributed by atoms with Crippen LogP contribution in [0.3, 0.4) is 0 Å². The van der Waals surface area contributed by atoms with E-state index in [0.29, 0.717) is 42.7 Å². The molecular formula is C21H21Cl2N3O4S2. The largest absolute Gasteiger partial charge is 0.497 e. The number of thiazole rings is 1. The van der Waals surface area contributed by atoms with Gasteiger partial charge in [-0.25, -0.2) is 13.4 Å². The summed E-state index contributed by atoms with van der Waals surface area (Å²) in [6.45, 7) is 1.69. The number of anilines is 1. The third-order valence-corrected chi connectivity index (χ3v) is 8.71. The third-order valence-electron chi connectivity index (χ3n) is 5.20. The second-order valence-corrected chi connectivity index (χ2v) is 10.6. The quantitative estimate of drug-likeness (QED) is 0.477. The van der Waals surface area contributed by atoms with Crippen LogP contribution < -0.4 is 14.4 Å². The van der Waals surface area contributed by atoms with Gasteiger partial charge < -0.3 is 14.4 Å². The highest BCUT2D eigenvalue weighted by Crippen LogP contribution is 2.36. The highest BCUT2D eigenvalue weighted by molar-refractivity contribution is 7.89. The van der Waals surface area contributed by atoms with E-state index in [4.69, 9.17) is 37.7 Å². The highest BCUT2D eigenvalue weighted by Gasteiger charge is 2.31. The molecule has 0 radical (unpaired) electrons. The van der Waals surface area contributed by atoms with Gasteiger partial charge in [0.1, 0.15) is 16.4 Å². The molecule has 0 unspecified atom stereocenters. The number of aromatic nitrogens is 1. The van der Waals surface area contributed by atoms with Crippen LogP contribution in [-0.4, -0.2) is 58.1 Å². The molecule has 0 amide bonds. The van der Waals surface area contributed by atoms with E-state index in [-0.39, 0.29) is 9.92 Å². The standard InChI is InChI=1S/C21H21Cl2N3O4S2/c1-29-15-4-5-16(19(12-15)30-2)18-13-31-21(24-18)25-7-9-26(10-8-25)32(27,28)20-11-14(22)3-6-17(20)23/h3-6,11-13H,7-10H2,1-2H3. The van der Waals surface area contributed by atoms with E-state index in [1.165, 1.54) is 27.8 Å². The van der Waals surface area contributed by atoms with Crippen LogP contribution >= 0.6 is 34.5 Å². The van der Waals surface area contributed by atoms with Gasteiger partial charge in [-0.05, 0) is 30.3 Å². The van der Waals surface area contributed by atoms with E-state index in [2.05, 4.69) is 4.90 Å². The van der Waals surface area contributed by atoms with Crippen LogP contribution in [0.1, 0.15) is 0 Å². The summed E-state index contributed by atoms with van der Waals surface area (Å²) in [7, 11) is -0.514. The molecule has 0 aliphatic carbocycles. The van der Waals surface area contributed by atoms with Gasteiger partial charge in [0, 0.05) is 48.2 Å². The summed E-state index contributed by atoms with van der Waals surface area (Å²) in [5.74, 6) is 1.38. The molecule has 32 heavy (non-hydrogen) atoms. The molecular weight excluding hydrogens is 493 g/mol. The molecule has 0 bridgehead atoms. The number of hydrogen-bond acceptors (Lipinski definition) is 7. The Balaban J connectivity index is 1.49. The smallest absolute Gasteiger partial charge is 0.244 e. The molecule has 11 heteroatoms. The second kappa shape index (κ2) is 9.44. The summed E-state index contributed by atoms with van der Waals surface area (Å²) < 4.78 is 38.3.